The standard InChI is InChI=1S/C16H34N/c1-4-6-7-8-9-10-11-12-14-17-15-16(3)13-5-2/h16H,4-15H2,1-3H3. The van der Waals surface area contributed by atoms with E-state index >= 15 is 0 Å². The third-order valence-electron chi connectivity index (χ3n) is 3.39. The molecule has 1 radical (unpaired) electrons. The van der Waals surface area contributed by atoms with Gasteiger partial charge in [0.25, 0.3) is 0 Å². The lowest BCUT2D eigenvalue weighted by molar-refractivity contribution is 0.460. The van der Waals surface area contributed by atoms with Gasteiger partial charge >= 0.3 is 0 Å². The number of hydrogen-bond donors (Lipinski definition) is 0. The predicted octanol–water partition coefficient (Wildman–Crippen LogP) is 5.17. The summed E-state index contributed by atoms with van der Waals surface area (Å²) in [5.41, 5.74) is 0. The van der Waals surface area contributed by atoms with Gasteiger partial charge in [-0.3, -0.25) is 0 Å². The Balaban J connectivity index is 2.98. The third-order valence-corrected chi connectivity index (χ3v) is 3.39. The zero-order valence-corrected chi connectivity index (χ0v) is 12.5. The van der Waals surface area contributed by atoms with E-state index in [0.29, 0.717) is 0 Å². The number of rotatable bonds is 13. The van der Waals surface area contributed by atoms with Crippen molar-refractivity contribution in [1.29, 1.82) is 0 Å². The molecule has 0 fully saturated rings. The average Bonchev–Trinajstić information content (AvgIpc) is 2.32. The van der Waals surface area contributed by atoms with Crippen molar-refractivity contribution in [2.24, 2.45) is 5.92 Å². The molecule has 1 atom stereocenters. The Morgan fingerprint density at radius 3 is 1.94 bits per heavy atom. The number of unbranched alkanes of at least 4 members (excludes halogenated alkanes) is 7. The first-order chi connectivity index (χ1) is 8.31. The van der Waals surface area contributed by atoms with E-state index in [0.717, 1.165) is 19.0 Å². The first kappa shape index (κ1) is 17.0. The molecule has 1 unspecified atom stereocenters. The smallest absolute Gasteiger partial charge is 0.0159 e. The second kappa shape index (κ2) is 14.0. The van der Waals surface area contributed by atoms with Crippen molar-refractivity contribution in [3.63, 3.8) is 0 Å². The van der Waals surface area contributed by atoms with Gasteiger partial charge in [-0.2, -0.15) is 0 Å². The van der Waals surface area contributed by atoms with E-state index in [1.54, 1.807) is 0 Å². The van der Waals surface area contributed by atoms with Crippen molar-refractivity contribution in [2.45, 2.75) is 85.0 Å². The van der Waals surface area contributed by atoms with Crippen LogP contribution in [0.4, 0.5) is 0 Å². The molecule has 0 saturated carbocycles. The first-order valence-electron chi connectivity index (χ1n) is 7.94. The van der Waals surface area contributed by atoms with Crippen LogP contribution in [0.25, 0.3) is 0 Å². The van der Waals surface area contributed by atoms with Gasteiger partial charge in [-0.1, -0.05) is 72.1 Å². The van der Waals surface area contributed by atoms with E-state index in [1.807, 2.05) is 0 Å². The second-order valence-corrected chi connectivity index (χ2v) is 5.50. The van der Waals surface area contributed by atoms with Crippen LogP contribution < -0.4 is 5.32 Å². The van der Waals surface area contributed by atoms with Gasteiger partial charge in [-0.05, 0) is 18.8 Å². The molecule has 0 aliphatic heterocycles. The van der Waals surface area contributed by atoms with Gasteiger partial charge in [-0.15, -0.1) is 0 Å². The Labute approximate surface area is 110 Å². The zero-order chi connectivity index (χ0) is 12.8. The molecule has 103 valence electrons. The molecule has 1 heteroatoms. The van der Waals surface area contributed by atoms with Crippen molar-refractivity contribution in [2.75, 3.05) is 13.1 Å². The van der Waals surface area contributed by atoms with Crippen LogP contribution in [0.15, 0.2) is 0 Å². The lowest BCUT2D eigenvalue weighted by Gasteiger charge is -2.09. The second-order valence-electron chi connectivity index (χ2n) is 5.50. The van der Waals surface area contributed by atoms with Crippen LogP contribution in [0, 0.1) is 5.92 Å². The molecule has 0 heterocycles. The summed E-state index contributed by atoms with van der Waals surface area (Å²) in [6.45, 7) is 9.05. The molecular weight excluding hydrogens is 206 g/mol. The van der Waals surface area contributed by atoms with Crippen LogP contribution in [-0.2, 0) is 0 Å². The molecular formula is C16H34N. The molecule has 17 heavy (non-hydrogen) atoms. The summed E-state index contributed by atoms with van der Waals surface area (Å²) in [6.07, 6.45) is 13.9. The van der Waals surface area contributed by atoms with Gasteiger partial charge < -0.3 is 0 Å². The molecule has 0 aromatic rings. The maximum atomic E-state index is 4.64. The van der Waals surface area contributed by atoms with Gasteiger partial charge in [0.15, 0.2) is 0 Å². The maximum absolute atomic E-state index is 4.64. The Hall–Kier alpha value is -0.0400. The van der Waals surface area contributed by atoms with Crippen molar-refractivity contribution in [3.8, 4) is 0 Å². The quantitative estimate of drug-likeness (QED) is 0.394. The molecule has 0 rings (SSSR count). The van der Waals surface area contributed by atoms with Gasteiger partial charge in [0.2, 0.25) is 0 Å². The van der Waals surface area contributed by atoms with Crippen LogP contribution in [0.5, 0.6) is 0 Å². The summed E-state index contributed by atoms with van der Waals surface area (Å²) in [7, 11) is 0. The maximum Gasteiger partial charge on any atom is 0.0159 e. The van der Waals surface area contributed by atoms with E-state index in [2.05, 4.69) is 26.1 Å². The monoisotopic (exact) mass is 240 g/mol. The van der Waals surface area contributed by atoms with Crippen LogP contribution in [-0.4, -0.2) is 13.1 Å². The minimum Gasteiger partial charge on any atom is -0.242 e. The van der Waals surface area contributed by atoms with Crippen LogP contribution in [0.1, 0.15) is 85.0 Å². The Kier molecular flexibility index (Phi) is 14.0. The highest BCUT2D eigenvalue weighted by Gasteiger charge is 2.00. The molecule has 0 aliphatic rings. The first-order valence-corrected chi connectivity index (χ1v) is 7.94. The molecule has 0 N–H and O–H groups in total. The van der Waals surface area contributed by atoms with E-state index in [-0.39, 0.29) is 0 Å². The summed E-state index contributed by atoms with van der Waals surface area (Å²) in [4.78, 5) is 0. The van der Waals surface area contributed by atoms with Gasteiger partial charge in [0, 0.05) is 13.1 Å². The average molecular weight is 240 g/mol. The normalized spacial score (nSPS) is 12.9. The van der Waals surface area contributed by atoms with Crippen molar-refractivity contribution < 1.29 is 0 Å². The summed E-state index contributed by atoms with van der Waals surface area (Å²) in [6, 6.07) is 0. The Morgan fingerprint density at radius 1 is 0.765 bits per heavy atom. The summed E-state index contributed by atoms with van der Waals surface area (Å²) in [5.74, 6) is 0.800. The van der Waals surface area contributed by atoms with Gasteiger partial charge in [0.05, 0.1) is 0 Å². The molecule has 0 aromatic carbocycles. The van der Waals surface area contributed by atoms with Crippen molar-refractivity contribution in [1.82, 2.24) is 5.32 Å². The van der Waals surface area contributed by atoms with Crippen LogP contribution in [0.2, 0.25) is 0 Å². The SMILES string of the molecule is CCCCCCCCCC[N]CC(C)CCC. The zero-order valence-electron chi connectivity index (χ0n) is 12.5. The molecule has 0 bridgehead atoms. The van der Waals surface area contributed by atoms with Crippen molar-refractivity contribution >= 4 is 0 Å². The fraction of sp³-hybridized carbons (Fsp3) is 1.00. The minimum absolute atomic E-state index is 0.800. The molecule has 0 aromatic heterocycles. The Morgan fingerprint density at radius 2 is 1.35 bits per heavy atom. The lowest BCUT2D eigenvalue weighted by atomic mass is 10.1. The summed E-state index contributed by atoms with van der Waals surface area (Å²) < 4.78 is 0. The van der Waals surface area contributed by atoms with E-state index in [1.165, 1.54) is 64.2 Å². The van der Waals surface area contributed by atoms with Gasteiger partial charge in [-0.25, -0.2) is 5.32 Å². The van der Waals surface area contributed by atoms with Crippen LogP contribution in [0.3, 0.4) is 0 Å². The highest BCUT2D eigenvalue weighted by molar-refractivity contribution is 4.56. The summed E-state index contributed by atoms with van der Waals surface area (Å²) in [5, 5.41) is 4.64. The van der Waals surface area contributed by atoms with Crippen LogP contribution >= 0.6 is 0 Å². The van der Waals surface area contributed by atoms with E-state index < -0.39 is 0 Å². The summed E-state index contributed by atoms with van der Waals surface area (Å²) >= 11 is 0. The highest BCUT2D eigenvalue weighted by atomic mass is 14.8. The third kappa shape index (κ3) is 13.9. The molecule has 0 spiro atoms. The van der Waals surface area contributed by atoms with E-state index in [4.69, 9.17) is 0 Å². The molecule has 0 saturated heterocycles. The molecule has 1 nitrogen and oxygen atoms in total. The largest absolute Gasteiger partial charge is 0.242 e. The topological polar surface area (TPSA) is 14.1 Å². The molecule has 0 aliphatic carbocycles. The fourth-order valence-corrected chi connectivity index (χ4v) is 2.25. The van der Waals surface area contributed by atoms with E-state index in [9.17, 15) is 0 Å². The predicted molar refractivity (Wildman–Crippen MR) is 78.6 cm³/mol. The molecule has 0 amide bonds. The number of hydrogen-bond acceptors (Lipinski definition) is 0. The lowest BCUT2D eigenvalue weighted by Crippen LogP contribution is -2.15. The fourth-order valence-electron chi connectivity index (χ4n) is 2.25. The minimum atomic E-state index is 0.800. The number of nitrogens with zero attached hydrogens (tertiary/aromatic N) is 1. The highest BCUT2D eigenvalue weighted by Crippen LogP contribution is 2.08. The van der Waals surface area contributed by atoms with Crippen molar-refractivity contribution in [3.05, 3.63) is 0 Å². The van der Waals surface area contributed by atoms with Gasteiger partial charge in [0.1, 0.15) is 0 Å². The Bertz CT molecular complexity index is 133.